The number of carbonyl (C=O) groups is 1. The van der Waals surface area contributed by atoms with Gasteiger partial charge in [0.05, 0.1) is 0 Å². The number of thiocarbonyl (C=S) groups is 1. The quantitative estimate of drug-likeness (QED) is 0.820. The molecule has 0 bridgehead atoms. The maximum absolute atomic E-state index is 12.0. The van der Waals surface area contributed by atoms with Gasteiger partial charge < -0.3 is 5.32 Å². The second-order valence-electron chi connectivity index (χ2n) is 4.74. The highest BCUT2D eigenvalue weighted by Crippen LogP contribution is 2.19. The molecular formula is C16H15ClN2OS. The number of amides is 1. The van der Waals surface area contributed by atoms with Crippen LogP contribution in [-0.2, 0) is 0 Å². The molecule has 0 fully saturated rings. The Bertz CT molecular complexity index is 683. The van der Waals surface area contributed by atoms with Crippen molar-refractivity contribution in [3.63, 3.8) is 0 Å². The molecule has 108 valence electrons. The molecule has 0 aliphatic rings. The van der Waals surface area contributed by atoms with Crippen LogP contribution < -0.4 is 10.6 Å². The van der Waals surface area contributed by atoms with E-state index in [1.165, 1.54) is 0 Å². The van der Waals surface area contributed by atoms with E-state index in [1.54, 1.807) is 18.2 Å². The van der Waals surface area contributed by atoms with Crippen molar-refractivity contribution in [2.45, 2.75) is 13.8 Å². The van der Waals surface area contributed by atoms with Gasteiger partial charge in [-0.1, -0.05) is 35.4 Å². The summed E-state index contributed by atoms with van der Waals surface area (Å²) in [5, 5.41) is 6.46. The zero-order valence-electron chi connectivity index (χ0n) is 11.7. The van der Waals surface area contributed by atoms with E-state index in [0.717, 1.165) is 16.8 Å². The summed E-state index contributed by atoms with van der Waals surface area (Å²) >= 11 is 11.2. The van der Waals surface area contributed by atoms with E-state index in [9.17, 15) is 4.79 Å². The number of carbonyl (C=O) groups excluding carboxylic acids is 1. The summed E-state index contributed by atoms with van der Waals surface area (Å²) in [6.07, 6.45) is 0. The summed E-state index contributed by atoms with van der Waals surface area (Å²) in [4.78, 5) is 12.0. The Morgan fingerprint density at radius 2 is 1.76 bits per heavy atom. The number of hydrogen-bond donors (Lipinski definition) is 2. The molecule has 0 radical (unpaired) electrons. The second kappa shape index (κ2) is 6.70. The third-order valence-electron chi connectivity index (χ3n) is 2.97. The van der Waals surface area contributed by atoms with Crippen LogP contribution in [0.15, 0.2) is 42.5 Å². The number of hydrogen-bond acceptors (Lipinski definition) is 2. The van der Waals surface area contributed by atoms with Gasteiger partial charge in [0.2, 0.25) is 0 Å². The van der Waals surface area contributed by atoms with Gasteiger partial charge in [0.1, 0.15) is 0 Å². The molecule has 0 saturated heterocycles. The summed E-state index contributed by atoms with van der Waals surface area (Å²) in [5.41, 5.74) is 3.38. The molecule has 2 rings (SSSR count). The molecule has 0 unspecified atom stereocenters. The van der Waals surface area contributed by atoms with Gasteiger partial charge in [-0.2, -0.15) is 0 Å². The van der Waals surface area contributed by atoms with Gasteiger partial charge in [-0.05, 0) is 55.9 Å². The van der Waals surface area contributed by atoms with Crippen molar-refractivity contribution < 1.29 is 4.79 Å². The van der Waals surface area contributed by atoms with Gasteiger partial charge in [0.15, 0.2) is 5.11 Å². The Labute approximate surface area is 134 Å². The summed E-state index contributed by atoms with van der Waals surface area (Å²) in [5.74, 6) is -0.245. The first-order valence-corrected chi connectivity index (χ1v) is 7.19. The molecule has 0 heterocycles. The Balaban J connectivity index is 1.99. The number of halogens is 1. The van der Waals surface area contributed by atoms with Gasteiger partial charge in [-0.15, -0.1) is 0 Å². The first-order chi connectivity index (χ1) is 9.95. The van der Waals surface area contributed by atoms with Crippen molar-refractivity contribution in [1.82, 2.24) is 5.32 Å². The smallest absolute Gasteiger partial charge is 0.257 e. The molecule has 0 aliphatic heterocycles. The number of anilines is 1. The lowest BCUT2D eigenvalue weighted by molar-refractivity contribution is 0.0978. The van der Waals surface area contributed by atoms with Crippen LogP contribution in [0, 0.1) is 13.8 Å². The van der Waals surface area contributed by atoms with E-state index >= 15 is 0 Å². The van der Waals surface area contributed by atoms with E-state index in [2.05, 4.69) is 10.6 Å². The van der Waals surface area contributed by atoms with Crippen LogP contribution in [0.25, 0.3) is 0 Å². The van der Waals surface area contributed by atoms with Crippen LogP contribution >= 0.6 is 23.8 Å². The molecular weight excluding hydrogens is 304 g/mol. The molecule has 0 saturated carbocycles. The zero-order valence-corrected chi connectivity index (χ0v) is 13.3. The molecule has 2 aromatic carbocycles. The Morgan fingerprint density at radius 1 is 1.10 bits per heavy atom. The molecule has 5 heteroatoms. The van der Waals surface area contributed by atoms with Gasteiger partial charge in [-0.25, -0.2) is 0 Å². The summed E-state index contributed by atoms with van der Waals surface area (Å²) in [6.45, 7) is 3.89. The van der Waals surface area contributed by atoms with Gasteiger partial charge in [0, 0.05) is 16.3 Å². The zero-order chi connectivity index (χ0) is 15.4. The molecule has 2 N–H and O–H groups in total. The minimum Gasteiger partial charge on any atom is -0.332 e. The monoisotopic (exact) mass is 318 g/mol. The number of aryl methyl sites for hydroxylation is 2. The summed E-state index contributed by atoms with van der Waals surface area (Å²) in [7, 11) is 0. The Morgan fingerprint density at radius 3 is 2.38 bits per heavy atom. The first-order valence-electron chi connectivity index (χ1n) is 6.41. The van der Waals surface area contributed by atoms with Crippen LogP contribution in [0.5, 0.6) is 0 Å². The highest BCUT2D eigenvalue weighted by Gasteiger charge is 2.08. The molecule has 0 aliphatic carbocycles. The minimum atomic E-state index is -0.245. The number of benzene rings is 2. The SMILES string of the molecule is Cc1ccc(C(=O)NC(=S)Nc2ccc(C)c(Cl)c2)cc1. The lowest BCUT2D eigenvalue weighted by Crippen LogP contribution is -2.34. The van der Waals surface area contributed by atoms with Crippen molar-refractivity contribution in [1.29, 1.82) is 0 Å². The lowest BCUT2D eigenvalue weighted by Gasteiger charge is -2.10. The Kier molecular flexibility index (Phi) is 4.94. The maximum Gasteiger partial charge on any atom is 0.257 e. The maximum atomic E-state index is 12.0. The minimum absolute atomic E-state index is 0.237. The predicted octanol–water partition coefficient (Wildman–Crippen LogP) is 4.08. The predicted molar refractivity (Wildman–Crippen MR) is 91.1 cm³/mol. The van der Waals surface area contributed by atoms with Crippen LogP contribution in [0.4, 0.5) is 5.69 Å². The third-order valence-corrected chi connectivity index (χ3v) is 3.58. The molecule has 2 aromatic rings. The normalized spacial score (nSPS) is 10.0. The molecule has 0 spiro atoms. The van der Waals surface area contributed by atoms with E-state index in [0.29, 0.717) is 10.6 Å². The lowest BCUT2D eigenvalue weighted by atomic mass is 10.1. The van der Waals surface area contributed by atoms with E-state index in [-0.39, 0.29) is 11.0 Å². The Hall–Kier alpha value is -1.91. The summed E-state index contributed by atoms with van der Waals surface area (Å²) < 4.78 is 0. The van der Waals surface area contributed by atoms with Gasteiger partial charge in [0.25, 0.3) is 5.91 Å². The fourth-order valence-corrected chi connectivity index (χ4v) is 2.10. The van der Waals surface area contributed by atoms with Crippen LogP contribution in [0.3, 0.4) is 0 Å². The van der Waals surface area contributed by atoms with E-state index < -0.39 is 0 Å². The highest BCUT2D eigenvalue weighted by molar-refractivity contribution is 7.80. The fourth-order valence-electron chi connectivity index (χ4n) is 1.71. The fraction of sp³-hybridized carbons (Fsp3) is 0.125. The van der Waals surface area contributed by atoms with Crippen LogP contribution in [0.1, 0.15) is 21.5 Å². The third kappa shape index (κ3) is 4.28. The molecule has 0 atom stereocenters. The molecule has 1 amide bonds. The highest BCUT2D eigenvalue weighted by atomic mass is 35.5. The van der Waals surface area contributed by atoms with Crippen molar-refractivity contribution in [2.75, 3.05) is 5.32 Å². The van der Waals surface area contributed by atoms with Crippen LogP contribution in [-0.4, -0.2) is 11.0 Å². The molecule has 0 aromatic heterocycles. The average molecular weight is 319 g/mol. The van der Waals surface area contributed by atoms with Crippen molar-refractivity contribution >= 4 is 40.5 Å². The van der Waals surface area contributed by atoms with Crippen molar-refractivity contribution in [3.05, 3.63) is 64.2 Å². The second-order valence-corrected chi connectivity index (χ2v) is 5.55. The summed E-state index contributed by atoms with van der Waals surface area (Å²) in [6, 6.07) is 12.8. The van der Waals surface area contributed by atoms with Crippen molar-refractivity contribution in [2.24, 2.45) is 0 Å². The largest absolute Gasteiger partial charge is 0.332 e. The average Bonchev–Trinajstić information content (AvgIpc) is 2.43. The van der Waals surface area contributed by atoms with Crippen molar-refractivity contribution in [3.8, 4) is 0 Å². The van der Waals surface area contributed by atoms with Gasteiger partial charge >= 0.3 is 0 Å². The number of rotatable bonds is 2. The van der Waals surface area contributed by atoms with E-state index in [4.69, 9.17) is 23.8 Å². The van der Waals surface area contributed by atoms with E-state index in [1.807, 2.05) is 38.1 Å². The molecule has 3 nitrogen and oxygen atoms in total. The standard InChI is InChI=1S/C16H15ClN2OS/c1-10-3-6-12(7-4-10)15(20)19-16(21)18-13-8-5-11(2)14(17)9-13/h3-9H,1-2H3,(H2,18,19,20,21). The number of nitrogens with one attached hydrogen (secondary N) is 2. The topological polar surface area (TPSA) is 41.1 Å². The molecule has 21 heavy (non-hydrogen) atoms. The first kappa shape index (κ1) is 15.5. The van der Waals surface area contributed by atoms with Crippen LogP contribution in [0.2, 0.25) is 5.02 Å². The van der Waals surface area contributed by atoms with Gasteiger partial charge in [-0.3, -0.25) is 10.1 Å².